The van der Waals surface area contributed by atoms with Crippen LogP contribution < -0.4 is 5.32 Å². The highest BCUT2D eigenvalue weighted by Crippen LogP contribution is 2.37. The normalized spacial score (nSPS) is 22.6. The molecular formula is C18H29NO. The Morgan fingerprint density at radius 2 is 1.85 bits per heavy atom. The second-order valence-electron chi connectivity index (χ2n) is 7.06. The van der Waals surface area contributed by atoms with Crippen LogP contribution in [0.15, 0.2) is 24.3 Å². The fourth-order valence-corrected chi connectivity index (χ4v) is 2.78. The zero-order chi connectivity index (χ0) is 14.6. The molecule has 0 bridgehead atoms. The molecule has 2 rings (SSSR count). The highest BCUT2D eigenvalue weighted by atomic mass is 16.5. The summed E-state index contributed by atoms with van der Waals surface area (Å²) in [7, 11) is 1.78. The fourth-order valence-electron chi connectivity index (χ4n) is 2.78. The molecule has 0 amide bonds. The van der Waals surface area contributed by atoms with Gasteiger partial charge in [0, 0.05) is 26.3 Å². The number of methoxy groups -OCH3 is 1. The standard InChI is InChI=1S/C18H29NO/c1-14-5-7-15(8-6-14)16-11-17(12-16)19-13-18(2,3)9-10-20-4/h5-8,16-17,19H,9-13H2,1-4H3. The van der Waals surface area contributed by atoms with Crippen LogP contribution in [0.3, 0.4) is 0 Å². The predicted molar refractivity (Wildman–Crippen MR) is 85.2 cm³/mol. The maximum atomic E-state index is 5.18. The topological polar surface area (TPSA) is 21.3 Å². The minimum Gasteiger partial charge on any atom is -0.385 e. The van der Waals surface area contributed by atoms with Crippen LogP contribution in [0.2, 0.25) is 0 Å². The molecule has 1 aromatic carbocycles. The molecule has 1 fully saturated rings. The van der Waals surface area contributed by atoms with Crippen LogP contribution in [0.4, 0.5) is 0 Å². The van der Waals surface area contributed by atoms with Crippen LogP contribution in [-0.2, 0) is 4.74 Å². The van der Waals surface area contributed by atoms with Crippen molar-refractivity contribution in [2.45, 2.75) is 52.0 Å². The Morgan fingerprint density at radius 3 is 2.45 bits per heavy atom. The van der Waals surface area contributed by atoms with E-state index in [4.69, 9.17) is 4.74 Å². The van der Waals surface area contributed by atoms with E-state index in [0.29, 0.717) is 11.5 Å². The number of hydrogen-bond donors (Lipinski definition) is 1. The molecule has 20 heavy (non-hydrogen) atoms. The third kappa shape index (κ3) is 4.32. The van der Waals surface area contributed by atoms with Gasteiger partial charge in [-0.05, 0) is 43.1 Å². The first-order valence-electron chi connectivity index (χ1n) is 7.79. The van der Waals surface area contributed by atoms with Crippen molar-refractivity contribution in [1.29, 1.82) is 0 Å². The zero-order valence-electron chi connectivity index (χ0n) is 13.4. The van der Waals surface area contributed by atoms with Gasteiger partial charge in [-0.1, -0.05) is 43.7 Å². The number of nitrogens with one attached hydrogen (secondary N) is 1. The number of aryl methyl sites for hydroxylation is 1. The van der Waals surface area contributed by atoms with Crippen LogP contribution in [-0.4, -0.2) is 26.3 Å². The van der Waals surface area contributed by atoms with Crippen molar-refractivity contribution in [3.05, 3.63) is 35.4 Å². The third-order valence-corrected chi connectivity index (χ3v) is 4.54. The first-order chi connectivity index (χ1) is 9.50. The van der Waals surface area contributed by atoms with E-state index in [9.17, 15) is 0 Å². The lowest BCUT2D eigenvalue weighted by molar-refractivity contribution is 0.144. The van der Waals surface area contributed by atoms with Crippen molar-refractivity contribution >= 4 is 0 Å². The fraction of sp³-hybridized carbons (Fsp3) is 0.667. The minimum absolute atomic E-state index is 0.324. The SMILES string of the molecule is COCCC(C)(C)CNC1CC(c2ccc(C)cc2)C1. The highest BCUT2D eigenvalue weighted by Gasteiger charge is 2.31. The average Bonchev–Trinajstić information content (AvgIpc) is 2.36. The van der Waals surface area contributed by atoms with E-state index in [0.717, 1.165) is 25.5 Å². The average molecular weight is 275 g/mol. The highest BCUT2D eigenvalue weighted by molar-refractivity contribution is 5.26. The molecule has 2 heteroatoms. The molecule has 0 atom stereocenters. The molecular weight excluding hydrogens is 246 g/mol. The molecule has 1 aliphatic rings. The Balaban J connectivity index is 1.70. The summed E-state index contributed by atoms with van der Waals surface area (Å²) in [6.07, 6.45) is 3.68. The summed E-state index contributed by atoms with van der Waals surface area (Å²) in [6, 6.07) is 9.73. The zero-order valence-corrected chi connectivity index (χ0v) is 13.4. The maximum Gasteiger partial charge on any atom is 0.0467 e. The van der Waals surface area contributed by atoms with E-state index < -0.39 is 0 Å². The molecule has 0 saturated heterocycles. The van der Waals surface area contributed by atoms with Crippen molar-refractivity contribution in [2.75, 3.05) is 20.3 Å². The Morgan fingerprint density at radius 1 is 1.20 bits per heavy atom. The van der Waals surface area contributed by atoms with Gasteiger partial charge in [0.15, 0.2) is 0 Å². The van der Waals surface area contributed by atoms with Gasteiger partial charge in [-0.2, -0.15) is 0 Å². The van der Waals surface area contributed by atoms with Crippen molar-refractivity contribution in [3.8, 4) is 0 Å². The van der Waals surface area contributed by atoms with Gasteiger partial charge >= 0.3 is 0 Å². The Hall–Kier alpha value is -0.860. The van der Waals surface area contributed by atoms with E-state index in [1.165, 1.54) is 24.0 Å². The number of ether oxygens (including phenoxy) is 1. The van der Waals surface area contributed by atoms with Gasteiger partial charge < -0.3 is 10.1 Å². The van der Waals surface area contributed by atoms with Gasteiger partial charge in [-0.3, -0.25) is 0 Å². The number of hydrogen-bond acceptors (Lipinski definition) is 2. The van der Waals surface area contributed by atoms with E-state index in [1.807, 2.05) is 0 Å². The summed E-state index contributed by atoms with van der Waals surface area (Å²) >= 11 is 0. The Bertz CT molecular complexity index is 404. The number of benzene rings is 1. The molecule has 1 aromatic rings. The lowest BCUT2D eigenvalue weighted by Crippen LogP contribution is -2.44. The molecule has 1 N–H and O–H groups in total. The molecule has 0 spiro atoms. The van der Waals surface area contributed by atoms with Crippen LogP contribution in [0.5, 0.6) is 0 Å². The third-order valence-electron chi connectivity index (χ3n) is 4.54. The summed E-state index contributed by atoms with van der Waals surface area (Å²) in [4.78, 5) is 0. The summed E-state index contributed by atoms with van der Waals surface area (Å²) < 4.78 is 5.18. The van der Waals surface area contributed by atoms with Crippen LogP contribution >= 0.6 is 0 Å². The first-order valence-corrected chi connectivity index (χ1v) is 7.79. The Kier molecular flexibility index (Phi) is 5.22. The summed E-state index contributed by atoms with van der Waals surface area (Å²) in [5.74, 6) is 0.759. The van der Waals surface area contributed by atoms with Crippen molar-refractivity contribution < 1.29 is 4.74 Å². The van der Waals surface area contributed by atoms with Crippen molar-refractivity contribution in [3.63, 3.8) is 0 Å². The van der Waals surface area contributed by atoms with Crippen LogP contribution in [0, 0.1) is 12.3 Å². The predicted octanol–water partition coefficient (Wildman–Crippen LogP) is 3.89. The van der Waals surface area contributed by atoms with Gasteiger partial charge in [0.1, 0.15) is 0 Å². The molecule has 0 heterocycles. The molecule has 0 unspecified atom stereocenters. The van der Waals surface area contributed by atoms with Gasteiger partial charge in [0.05, 0.1) is 0 Å². The van der Waals surface area contributed by atoms with Gasteiger partial charge in [-0.15, -0.1) is 0 Å². The quantitative estimate of drug-likeness (QED) is 0.815. The molecule has 112 valence electrons. The maximum absolute atomic E-state index is 5.18. The summed E-state index contributed by atoms with van der Waals surface area (Å²) in [6.45, 7) is 8.72. The minimum atomic E-state index is 0.324. The van der Waals surface area contributed by atoms with Crippen molar-refractivity contribution in [1.82, 2.24) is 5.32 Å². The van der Waals surface area contributed by atoms with Crippen molar-refractivity contribution in [2.24, 2.45) is 5.41 Å². The lowest BCUT2D eigenvalue weighted by Gasteiger charge is -2.38. The van der Waals surface area contributed by atoms with E-state index >= 15 is 0 Å². The molecule has 0 aliphatic heterocycles. The van der Waals surface area contributed by atoms with Gasteiger partial charge in [0.25, 0.3) is 0 Å². The Labute approximate surface area is 123 Å². The second-order valence-corrected chi connectivity index (χ2v) is 7.06. The molecule has 0 radical (unpaired) electrons. The molecule has 0 aromatic heterocycles. The number of rotatable bonds is 7. The summed E-state index contributed by atoms with van der Waals surface area (Å²) in [5, 5.41) is 3.72. The molecule has 1 aliphatic carbocycles. The van der Waals surface area contributed by atoms with Crippen LogP contribution in [0.1, 0.15) is 50.2 Å². The lowest BCUT2D eigenvalue weighted by atomic mass is 9.75. The monoisotopic (exact) mass is 275 g/mol. The first kappa shape index (κ1) is 15.5. The van der Waals surface area contributed by atoms with E-state index in [1.54, 1.807) is 7.11 Å². The molecule has 1 saturated carbocycles. The van der Waals surface area contributed by atoms with Gasteiger partial charge in [-0.25, -0.2) is 0 Å². The summed E-state index contributed by atoms with van der Waals surface area (Å²) in [5.41, 5.74) is 3.18. The second kappa shape index (κ2) is 6.73. The van der Waals surface area contributed by atoms with Crippen LogP contribution in [0.25, 0.3) is 0 Å². The van der Waals surface area contributed by atoms with E-state index in [-0.39, 0.29) is 0 Å². The van der Waals surface area contributed by atoms with Gasteiger partial charge in [0.2, 0.25) is 0 Å². The molecule has 2 nitrogen and oxygen atoms in total. The largest absolute Gasteiger partial charge is 0.385 e. The smallest absolute Gasteiger partial charge is 0.0467 e. The van der Waals surface area contributed by atoms with E-state index in [2.05, 4.69) is 50.4 Å².